The van der Waals surface area contributed by atoms with Crippen molar-refractivity contribution in [3.8, 4) is 0 Å². The van der Waals surface area contributed by atoms with E-state index in [0.717, 1.165) is 19.4 Å². The van der Waals surface area contributed by atoms with E-state index in [9.17, 15) is 0 Å². The summed E-state index contributed by atoms with van der Waals surface area (Å²) in [6.07, 6.45) is 6.50. The first-order valence-electron chi connectivity index (χ1n) is 7.19. The molecule has 0 aliphatic carbocycles. The van der Waals surface area contributed by atoms with E-state index in [1.807, 2.05) is 6.08 Å². The summed E-state index contributed by atoms with van der Waals surface area (Å²) in [4.78, 5) is 0. The van der Waals surface area contributed by atoms with Gasteiger partial charge < -0.3 is 4.43 Å². The maximum absolute atomic E-state index is 7.21. The molecule has 100 valence electrons. The van der Waals surface area contributed by atoms with Crippen LogP contribution in [0.1, 0.15) is 54.7 Å². The molecule has 0 bridgehead atoms. The highest BCUT2D eigenvalue weighted by Gasteiger charge is 2.36. The first kappa shape index (κ1) is 14.8. The smallest absolute Gasteiger partial charge is 0.191 e. The minimum absolute atomic E-state index is 0.312. The van der Waals surface area contributed by atoms with Crippen LogP contribution in [0.3, 0.4) is 0 Å². The third-order valence-electron chi connectivity index (χ3n) is 3.51. The molecule has 0 atom stereocenters. The molecule has 0 fully saturated rings. The van der Waals surface area contributed by atoms with Gasteiger partial charge in [0.05, 0.1) is 1.37 Å². The molecular formula is C15H30OSi. The van der Waals surface area contributed by atoms with Crippen molar-refractivity contribution in [2.24, 2.45) is 0 Å². The first-order chi connectivity index (χ1) is 8.17. The molecule has 1 nitrogen and oxygen atoms in total. The molecule has 0 unspecified atom stereocenters. The van der Waals surface area contributed by atoms with Crippen LogP contribution in [0.15, 0.2) is 17.9 Å². The molecule has 0 aromatic rings. The molecule has 2 heteroatoms. The van der Waals surface area contributed by atoms with E-state index >= 15 is 0 Å². The van der Waals surface area contributed by atoms with Crippen LogP contribution in [0.25, 0.3) is 0 Å². The van der Waals surface area contributed by atoms with E-state index in [-0.39, 0.29) is 0 Å². The molecule has 0 amide bonds. The van der Waals surface area contributed by atoms with Crippen molar-refractivity contribution in [3.05, 3.63) is 17.9 Å². The number of hydrogen-bond acceptors (Lipinski definition) is 1. The zero-order valence-corrected chi connectivity index (χ0v) is 13.5. The summed E-state index contributed by atoms with van der Waals surface area (Å²) in [6, 6.07) is 0.510. The standard InChI is InChI=1S/C15H30OSi/c1-7-8-9-10-11-12-13-14-16-17(5,6)15(2,3)4/h7,9H,10-14H2,1-6H3/i7D. The quantitative estimate of drug-likeness (QED) is 0.341. The van der Waals surface area contributed by atoms with Gasteiger partial charge in [-0.15, -0.1) is 5.73 Å². The number of allylic oxidation sites excluding steroid dienone is 1. The highest BCUT2D eigenvalue weighted by atomic mass is 28.4. The monoisotopic (exact) mass is 255 g/mol. The first-order valence-corrected chi connectivity index (χ1v) is 9.60. The van der Waals surface area contributed by atoms with Crippen LogP contribution in [0, 0.1) is 0 Å². The van der Waals surface area contributed by atoms with Gasteiger partial charge in [0.15, 0.2) is 8.32 Å². The SMILES string of the molecule is [2H]C(C)=C=CCCCCCO[Si](C)(C)C(C)(C)C. The Hall–Kier alpha value is -0.303. The summed E-state index contributed by atoms with van der Waals surface area (Å²) < 4.78 is 13.3. The molecule has 0 radical (unpaired) electrons. The van der Waals surface area contributed by atoms with Gasteiger partial charge in [-0.25, -0.2) is 0 Å². The molecule has 0 saturated heterocycles. The summed E-state index contributed by atoms with van der Waals surface area (Å²) >= 11 is 0. The third-order valence-corrected chi connectivity index (χ3v) is 8.05. The Morgan fingerprint density at radius 3 is 2.41 bits per heavy atom. The Morgan fingerprint density at radius 1 is 1.24 bits per heavy atom. The van der Waals surface area contributed by atoms with E-state index in [1.165, 1.54) is 12.8 Å². The summed E-state index contributed by atoms with van der Waals surface area (Å²) in [7, 11) is -1.54. The largest absolute Gasteiger partial charge is 0.417 e. The Balaban J connectivity index is 3.67. The predicted octanol–water partition coefficient (Wildman–Crippen LogP) is 5.30. The van der Waals surface area contributed by atoms with Crippen LogP contribution in [0.5, 0.6) is 0 Å². The van der Waals surface area contributed by atoms with E-state index in [0.29, 0.717) is 11.1 Å². The fraction of sp³-hybridized carbons (Fsp3) is 0.800. The van der Waals surface area contributed by atoms with Gasteiger partial charge in [-0.1, -0.05) is 27.2 Å². The molecule has 0 heterocycles. The molecule has 17 heavy (non-hydrogen) atoms. The van der Waals surface area contributed by atoms with Crippen LogP contribution in [0.4, 0.5) is 0 Å². The van der Waals surface area contributed by atoms with Crippen molar-refractivity contribution in [2.45, 2.75) is 71.5 Å². The molecular weight excluding hydrogens is 224 g/mol. The van der Waals surface area contributed by atoms with Gasteiger partial charge in [-0.2, -0.15) is 0 Å². The van der Waals surface area contributed by atoms with Crippen molar-refractivity contribution in [2.75, 3.05) is 6.61 Å². The second-order valence-corrected chi connectivity index (χ2v) is 10.9. The summed E-state index contributed by atoms with van der Waals surface area (Å²) in [5, 5.41) is 0.312. The second kappa shape index (κ2) is 7.92. The predicted molar refractivity (Wildman–Crippen MR) is 79.9 cm³/mol. The molecule has 0 spiro atoms. The topological polar surface area (TPSA) is 9.23 Å². The lowest BCUT2D eigenvalue weighted by Crippen LogP contribution is -2.40. The Kier molecular flexibility index (Phi) is 6.87. The van der Waals surface area contributed by atoms with Crippen molar-refractivity contribution in [1.29, 1.82) is 0 Å². The molecule has 0 N–H and O–H groups in total. The van der Waals surface area contributed by atoms with Crippen LogP contribution in [-0.2, 0) is 4.43 Å². The lowest BCUT2D eigenvalue weighted by molar-refractivity contribution is 0.278. The van der Waals surface area contributed by atoms with Gasteiger partial charge in [0, 0.05) is 6.61 Å². The number of unbranched alkanes of at least 4 members (excludes halogenated alkanes) is 3. The maximum Gasteiger partial charge on any atom is 0.191 e. The van der Waals surface area contributed by atoms with Crippen molar-refractivity contribution in [1.82, 2.24) is 0 Å². The van der Waals surface area contributed by atoms with Crippen LogP contribution in [-0.4, -0.2) is 14.9 Å². The van der Waals surface area contributed by atoms with Gasteiger partial charge in [0.25, 0.3) is 0 Å². The Bertz CT molecular complexity index is 292. The van der Waals surface area contributed by atoms with Crippen molar-refractivity contribution >= 4 is 8.32 Å². The minimum Gasteiger partial charge on any atom is -0.417 e. The summed E-state index contributed by atoms with van der Waals surface area (Å²) in [5.41, 5.74) is 2.91. The van der Waals surface area contributed by atoms with E-state index in [1.54, 1.807) is 6.92 Å². The Labute approximate surface area is 110 Å². The van der Waals surface area contributed by atoms with E-state index < -0.39 is 8.32 Å². The molecule has 0 rings (SSSR count). The van der Waals surface area contributed by atoms with Crippen molar-refractivity contribution < 1.29 is 5.80 Å². The Morgan fingerprint density at radius 2 is 1.88 bits per heavy atom. The van der Waals surface area contributed by atoms with Crippen LogP contribution < -0.4 is 0 Å². The molecule has 0 aromatic carbocycles. The zero-order chi connectivity index (χ0) is 14.2. The highest BCUT2D eigenvalue weighted by Crippen LogP contribution is 2.36. The van der Waals surface area contributed by atoms with Gasteiger partial charge in [0.1, 0.15) is 0 Å². The zero-order valence-electron chi connectivity index (χ0n) is 13.5. The van der Waals surface area contributed by atoms with Gasteiger partial charge in [-0.3, -0.25) is 0 Å². The van der Waals surface area contributed by atoms with E-state index in [4.69, 9.17) is 5.80 Å². The molecule has 0 aliphatic rings. The maximum atomic E-state index is 7.21. The third kappa shape index (κ3) is 7.59. The van der Waals surface area contributed by atoms with Gasteiger partial charge in [-0.05, 0) is 56.4 Å². The highest BCUT2D eigenvalue weighted by molar-refractivity contribution is 6.74. The molecule has 0 aliphatic heterocycles. The van der Waals surface area contributed by atoms with Gasteiger partial charge in [0.2, 0.25) is 0 Å². The number of hydrogen-bond donors (Lipinski definition) is 0. The van der Waals surface area contributed by atoms with E-state index in [2.05, 4.69) is 39.6 Å². The lowest BCUT2D eigenvalue weighted by atomic mass is 10.2. The van der Waals surface area contributed by atoms with Crippen LogP contribution >= 0.6 is 0 Å². The fourth-order valence-electron chi connectivity index (χ4n) is 1.24. The summed E-state index contributed by atoms with van der Waals surface area (Å²) in [5.74, 6) is 0. The fourth-order valence-corrected chi connectivity index (χ4v) is 2.33. The minimum atomic E-state index is -1.54. The average molecular weight is 255 g/mol. The summed E-state index contributed by atoms with van der Waals surface area (Å²) in [6.45, 7) is 14.1. The average Bonchev–Trinajstić information content (AvgIpc) is 2.19. The lowest BCUT2D eigenvalue weighted by Gasteiger charge is -2.36. The van der Waals surface area contributed by atoms with Gasteiger partial charge >= 0.3 is 0 Å². The molecule has 0 saturated carbocycles. The number of rotatable bonds is 7. The van der Waals surface area contributed by atoms with Crippen molar-refractivity contribution in [3.63, 3.8) is 0 Å². The normalized spacial score (nSPS) is 12.9. The van der Waals surface area contributed by atoms with Crippen LogP contribution in [0.2, 0.25) is 18.1 Å². The molecule has 0 aromatic heterocycles. The second-order valence-electron chi connectivity index (χ2n) is 6.06.